The Bertz CT molecular complexity index is 445. The van der Waals surface area contributed by atoms with Gasteiger partial charge >= 0.3 is 0 Å². The van der Waals surface area contributed by atoms with Crippen LogP contribution in [0.25, 0.3) is 0 Å². The fourth-order valence-corrected chi connectivity index (χ4v) is 2.56. The molecule has 4 nitrogen and oxygen atoms in total. The molecule has 1 atom stereocenters. The average Bonchev–Trinajstić information content (AvgIpc) is 2.45. The fourth-order valence-electron chi connectivity index (χ4n) is 2.34. The third-order valence-electron chi connectivity index (χ3n) is 3.46. The molecule has 0 radical (unpaired) electrons. The quantitative estimate of drug-likeness (QED) is 0.762. The minimum Gasteiger partial charge on any atom is -0.343 e. The van der Waals surface area contributed by atoms with Gasteiger partial charge in [0.05, 0.1) is 6.04 Å². The van der Waals surface area contributed by atoms with Crippen LogP contribution in [0.15, 0.2) is 24.3 Å². The van der Waals surface area contributed by atoms with Crippen molar-refractivity contribution in [1.29, 1.82) is 0 Å². The highest BCUT2D eigenvalue weighted by atomic mass is 35.5. The van der Waals surface area contributed by atoms with Crippen LogP contribution in [-0.4, -0.2) is 54.7 Å². The molecule has 1 aromatic carbocycles. The fraction of sp³-hybridized carbons (Fsp3) is 0.429. The summed E-state index contributed by atoms with van der Waals surface area (Å²) in [4.78, 5) is 25.8. The highest BCUT2D eigenvalue weighted by Crippen LogP contribution is 2.14. The van der Waals surface area contributed by atoms with Crippen LogP contribution >= 0.6 is 11.6 Å². The number of carbonyl (C=O) groups excluding carboxylic acids is 2. The van der Waals surface area contributed by atoms with Crippen molar-refractivity contribution in [3.8, 4) is 0 Å². The standard InChI is InChI=1S/C14H17ClN2O2/c15-13-3-1-2-12(8-13)9-14(10-18)17-6-4-16(11-19)5-7-17/h1-3,8,10-11,14H,4-7,9H2. The molecular formula is C14H17ClN2O2. The van der Waals surface area contributed by atoms with Gasteiger partial charge in [-0.1, -0.05) is 23.7 Å². The van der Waals surface area contributed by atoms with Gasteiger partial charge in [0.1, 0.15) is 6.29 Å². The van der Waals surface area contributed by atoms with Crippen LogP contribution < -0.4 is 0 Å². The van der Waals surface area contributed by atoms with Crippen molar-refractivity contribution in [2.45, 2.75) is 12.5 Å². The Balaban J connectivity index is 1.97. The van der Waals surface area contributed by atoms with Crippen LogP contribution in [0, 0.1) is 0 Å². The molecule has 19 heavy (non-hydrogen) atoms. The second kappa shape index (κ2) is 6.68. The third kappa shape index (κ3) is 3.78. The molecule has 0 saturated carbocycles. The van der Waals surface area contributed by atoms with Crippen molar-refractivity contribution >= 4 is 24.3 Å². The van der Waals surface area contributed by atoms with Crippen molar-refractivity contribution in [3.63, 3.8) is 0 Å². The predicted molar refractivity (Wildman–Crippen MR) is 74.2 cm³/mol. The van der Waals surface area contributed by atoms with Crippen molar-refractivity contribution in [3.05, 3.63) is 34.9 Å². The number of aldehydes is 1. The maximum atomic E-state index is 11.3. The molecule has 0 N–H and O–H groups in total. The smallest absolute Gasteiger partial charge is 0.209 e. The van der Waals surface area contributed by atoms with E-state index in [9.17, 15) is 9.59 Å². The van der Waals surface area contributed by atoms with E-state index in [0.717, 1.165) is 31.3 Å². The molecule has 0 aromatic heterocycles. The molecule has 102 valence electrons. The van der Waals surface area contributed by atoms with Crippen LogP contribution in [0.1, 0.15) is 5.56 Å². The lowest BCUT2D eigenvalue weighted by Crippen LogP contribution is -2.51. The van der Waals surface area contributed by atoms with E-state index in [2.05, 4.69) is 4.90 Å². The number of rotatable bonds is 5. The molecule has 1 heterocycles. The zero-order valence-electron chi connectivity index (χ0n) is 10.7. The average molecular weight is 281 g/mol. The van der Waals surface area contributed by atoms with Gasteiger partial charge < -0.3 is 9.69 Å². The summed E-state index contributed by atoms with van der Waals surface area (Å²) < 4.78 is 0. The van der Waals surface area contributed by atoms with Crippen LogP contribution in [0.2, 0.25) is 5.02 Å². The molecule has 1 unspecified atom stereocenters. The normalized spacial score (nSPS) is 18.1. The van der Waals surface area contributed by atoms with Gasteiger partial charge in [0, 0.05) is 31.2 Å². The Kier molecular flexibility index (Phi) is 4.93. The Labute approximate surface area is 117 Å². The molecule has 0 spiro atoms. The van der Waals surface area contributed by atoms with E-state index in [-0.39, 0.29) is 6.04 Å². The lowest BCUT2D eigenvalue weighted by atomic mass is 10.0. The largest absolute Gasteiger partial charge is 0.343 e. The van der Waals surface area contributed by atoms with Crippen molar-refractivity contribution in [2.75, 3.05) is 26.2 Å². The topological polar surface area (TPSA) is 40.6 Å². The first-order chi connectivity index (χ1) is 9.22. The molecule has 5 heteroatoms. The van der Waals surface area contributed by atoms with Crippen LogP contribution in [0.4, 0.5) is 0 Å². The van der Waals surface area contributed by atoms with Gasteiger partial charge in [-0.3, -0.25) is 9.69 Å². The number of nitrogens with zero attached hydrogens (tertiary/aromatic N) is 2. The summed E-state index contributed by atoms with van der Waals surface area (Å²) in [6, 6.07) is 7.43. The summed E-state index contributed by atoms with van der Waals surface area (Å²) >= 11 is 5.95. The van der Waals surface area contributed by atoms with Gasteiger partial charge in [-0.05, 0) is 24.1 Å². The lowest BCUT2D eigenvalue weighted by Gasteiger charge is -2.35. The summed E-state index contributed by atoms with van der Waals surface area (Å²) in [7, 11) is 0. The third-order valence-corrected chi connectivity index (χ3v) is 3.69. The molecule has 1 aliphatic rings. The first-order valence-corrected chi connectivity index (χ1v) is 6.74. The van der Waals surface area contributed by atoms with Gasteiger partial charge in [0.2, 0.25) is 6.41 Å². The van der Waals surface area contributed by atoms with Gasteiger partial charge in [-0.25, -0.2) is 0 Å². The second-order valence-corrected chi connectivity index (χ2v) is 5.15. The van der Waals surface area contributed by atoms with E-state index >= 15 is 0 Å². The highest BCUT2D eigenvalue weighted by Gasteiger charge is 2.22. The Morgan fingerprint density at radius 2 is 1.95 bits per heavy atom. The van der Waals surface area contributed by atoms with Crippen molar-refractivity contribution in [2.24, 2.45) is 0 Å². The second-order valence-electron chi connectivity index (χ2n) is 4.71. The first kappa shape index (κ1) is 14.0. The molecule has 1 fully saturated rings. The lowest BCUT2D eigenvalue weighted by molar-refractivity contribution is -0.120. The zero-order chi connectivity index (χ0) is 13.7. The maximum absolute atomic E-state index is 11.3. The number of halogens is 1. The molecular weight excluding hydrogens is 264 g/mol. The van der Waals surface area contributed by atoms with Crippen LogP contribution in [-0.2, 0) is 16.0 Å². The summed E-state index contributed by atoms with van der Waals surface area (Å²) in [6.45, 7) is 2.85. The Hall–Kier alpha value is -1.39. The number of carbonyl (C=O) groups is 2. The van der Waals surface area contributed by atoms with Crippen molar-refractivity contribution < 1.29 is 9.59 Å². The number of hydrogen-bond donors (Lipinski definition) is 0. The minimum atomic E-state index is -0.146. The Morgan fingerprint density at radius 3 is 2.53 bits per heavy atom. The molecule has 1 amide bonds. The summed E-state index contributed by atoms with van der Waals surface area (Å²) in [6.07, 6.45) is 2.51. The van der Waals surface area contributed by atoms with E-state index in [1.54, 1.807) is 4.90 Å². The molecule has 1 aliphatic heterocycles. The molecule has 1 saturated heterocycles. The highest BCUT2D eigenvalue weighted by molar-refractivity contribution is 6.30. The number of amides is 1. The SMILES string of the molecule is O=CC(Cc1cccc(Cl)c1)N1CCN(C=O)CC1. The van der Waals surface area contributed by atoms with Gasteiger partial charge in [0.25, 0.3) is 0 Å². The maximum Gasteiger partial charge on any atom is 0.209 e. The molecule has 0 aliphatic carbocycles. The van der Waals surface area contributed by atoms with Crippen molar-refractivity contribution in [1.82, 2.24) is 9.80 Å². The number of hydrogen-bond acceptors (Lipinski definition) is 3. The number of piperazine rings is 1. The van der Waals surface area contributed by atoms with E-state index in [1.807, 2.05) is 24.3 Å². The Morgan fingerprint density at radius 1 is 1.21 bits per heavy atom. The van der Waals surface area contributed by atoms with Gasteiger partial charge in [-0.15, -0.1) is 0 Å². The monoisotopic (exact) mass is 280 g/mol. The van der Waals surface area contributed by atoms with E-state index in [1.165, 1.54) is 0 Å². The van der Waals surface area contributed by atoms with Crippen LogP contribution in [0.3, 0.4) is 0 Å². The summed E-state index contributed by atoms with van der Waals surface area (Å²) in [5.74, 6) is 0. The van der Waals surface area contributed by atoms with E-state index < -0.39 is 0 Å². The number of benzene rings is 1. The molecule has 0 bridgehead atoms. The summed E-state index contributed by atoms with van der Waals surface area (Å²) in [5, 5.41) is 0.688. The minimum absolute atomic E-state index is 0.146. The zero-order valence-corrected chi connectivity index (χ0v) is 11.4. The van der Waals surface area contributed by atoms with E-state index in [0.29, 0.717) is 24.5 Å². The van der Waals surface area contributed by atoms with Gasteiger partial charge in [0.15, 0.2) is 0 Å². The molecule has 1 aromatic rings. The summed E-state index contributed by atoms with van der Waals surface area (Å²) in [5.41, 5.74) is 1.06. The van der Waals surface area contributed by atoms with E-state index in [4.69, 9.17) is 11.6 Å². The van der Waals surface area contributed by atoms with Gasteiger partial charge in [-0.2, -0.15) is 0 Å². The predicted octanol–water partition coefficient (Wildman–Crippen LogP) is 1.22. The van der Waals surface area contributed by atoms with Crippen LogP contribution in [0.5, 0.6) is 0 Å². The first-order valence-electron chi connectivity index (χ1n) is 6.36. The molecule has 2 rings (SSSR count).